The lowest BCUT2D eigenvalue weighted by molar-refractivity contribution is 0.0630. The summed E-state index contributed by atoms with van der Waals surface area (Å²) < 4.78 is 0. The van der Waals surface area contributed by atoms with Gasteiger partial charge < -0.3 is 9.88 Å². The highest BCUT2D eigenvalue weighted by molar-refractivity contribution is 6.06. The van der Waals surface area contributed by atoms with Crippen LogP contribution in [0.15, 0.2) is 54.7 Å². The summed E-state index contributed by atoms with van der Waals surface area (Å²) in [7, 11) is 0. The predicted octanol–water partition coefficient (Wildman–Crippen LogP) is 3.43. The van der Waals surface area contributed by atoms with Gasteiger partial charge in [-0.05, 0) is 18.6 Å². The number of benzene rings is 2. The van der Waals surface area contributed by atoms with Crippen LogP contribution in [0, 0.1) is 6.92 Å². The van der Waals surface area contributed by atoms with Crippen molar-refractivity contribution in [2.24, 2.45) is 0 Å². The zero-order valence-corrected chi connectivity index (χ0v) is 14.5. The molecule has 0 spiro atoms. The standard InChI is InChI=1S/C21H23N3O/c1-16-6-8-17(9-7-16)15-23-10-12-24(13-11-23)21(25)19-14-22-20-5-3-2-4-18(19)20/h2-9,14,22H,10-13,15H2,1H3. The molecule has 1 aromatic heterocycles. The average molecular weight is 333 g/mol. The van der Waals surface area contributed by atoms with Crippen molar-refractivity contribution >= 4 is 16.8 Å². The van der Waals surface area contributed by atoms with Gasteiger partial charge in [0.15, 0.2) is 0 Å². The van der Waals surface area contributed by atoms with E-state index < -0.39 is 0 Å². The molecule has 0 bridgehead atoms. The van der Waals surface area contributed by atoms with Crippen LogP contribution in [0.3, 0.4) is 0 Å². The van der Waals surface area contributed by atoms with Gasteiger partial charge in [0.1, 0.15) is 0 Å². The maximum absolute atomic E-state index is 12.9. The number of carbonyl (C=O) groups is 1. The molecule has 1 fully saturated rings. The molecule has 1 aliphatic rings. The van der Waals surface area contributed by atoms with Crippen molar-refractivity contribution in [2.75, 3.05) is 26.2 Å². The number of nitrogens with one attached hydrogen (secondary N) is 1. The van der Waals surface area contributed by atoms with Crippen LogP contribution in [0.5, 0.6) is 0 Å². The molecule has 1 amide bonds. The Morgan fingerprint density at radius 3 is 2.48 bits per heavy atom. The normalized spacial score (nSPS) is 15.6. The summed E-state index contributed by atoms with van der Waals surface area (Å²) in [6, 6.07) is 16.7. The van der Waals surface area contributed by atoms with Gasteiger partial charge in [-0.15, -0.1) is 0 Å². The van der Waals surface area contributed by atoms with Gasteiger partial charge in [-0.3, -0.25) is 9.69 Å². The lowest BCUT2D eigenvalue weighted by atomic mass is 10.1. The molecule has 0 saturated carbocycles. The molecular weight excluding hydrogens is 310 g/mol. The summed E-state index contributed by atoms with van der Waals surface area (Å²) in [5, 5.41) is 1.01. The minimum atomic E-state index is 0.132. The van der Waals surface area contributed by atoms with Gasteiger partial charge in [0, 0.05) is 49.8 Å². The van der Waals surface area contributed by atoms with Crippen LogP contribution in [0.4, 0.5) is 0 Å². The van der Waals surface area contributed by atoms with Crippen LogP contribution < -0.4 is 0 Å². The van der Waals surface area contributed by atoms with Crippen molar-refractivity contribution in [3.05, 3.63) is 71.4 Å². The molecule has 2 aromatic carbocycles. The molecule has 0 atom stereocenters. The van der Waals surface area contributed by atoms with Crippen molar-refractivity contribution in [3.63, 3.8) is 0 Å². The van der Waals surface area contributed by atoms with Gasteiger partial charge in [-0.2, -0.15) is 0 Å². The number of amides is 1. The number of para-hydroxylation sites is 1. The monoisotopic (exact) mass is 333 g/mol. The zero-order valence-electron chi connectivity index (χ0n) is 14.5. The molecule has 3 aromatic rings. The first kappa shape index (κ1) is 15.9. The molecule has 25 heavy (non-hydrogen) atoms. The number of aromatic amines is 1. The summed E-state index contributed by atoms with van der Waals surface area (Å²) in [4.78, 5) is 20.5. The quantitative estimate of drug-likeness (QED) is 0.797. The second kappa shape index (κ2) is 6.73. The summed E-state index contributed by atoms with van der Waals surface area (Å²) in [5.74, 6) is 0.132. The minimum absolute atomic E-state index is 0.132. The van der Waals surface area contributed by atoms with E-state index in [-0.39, 0.29) is 5.91 Å². The zero-order chi connectivity index (χ0) is 17.2. The maximum atomic E-state index is 12.9. The number of aryl methyl sites for hydroxylation is 1. The summed E-state index contributed by atoms with van der Waals surface area (Å²) in [5.41, 5.74) is 4.42. The molecule has 1 saturated heterocycles. The number of hydrogen-bond donors (Lipinski definition) is 1. The Bertz CT molecular complexity index is 874. The number of H-pyrrole nitrogens is 1. The highest BCUT2D eigenvalue weighted by atomic mass is 16.2. The lowest BCUT2D eigenvalue weighted by Gasteiger charge is -2.34. The number of carbonyl (C=O) groups excluding carboxylic acids is 1. The first-order valence-corrected chi connectivity index (χ1v) is 8.84. The Morgan fingerprint density at radius 2 is 1.72 bits per heavy atom. The van der Waals surface area contributed by atoms with E-state index in [1.54, 1.807) is 0 Å². The fraction of sp³-hybridized carbons (Fsp3) is 0.286. The van der Waals surface area contributed by atoms with E-state index in [1.165, 1.54) is 11.1 Å². The molecule has 4 rings (SSSR count). The summed E-state index contributed by atoms with van der Waals surface area (Å²) in [6.45, 7) is 6.46. The van der Waals surface area contributed by atoms with Crippen LogP contribution in [0.1, 0.15) is 21.5 Å². The second-order valence-electron chi connectivity index (χ2n) is 6.80. The van der Waals surface area contributed by atoms with Crippen molar-refractivity contribution in [3.8, 4) is 0 Å². The van der Waals surface area contributed by atoms with Crippen molar-refractivity contribution in [1.29, 1.82) is 0 Å². The maximum Gasteiger partial charge on any atom is 0.256 e. The Hall–Kier alpha value is -2.59. The Balaban J connectivity index is 1.39. The number of hydrogen-bond acceptors (Lipinski definition) is 2. The largest absolute Gasteiger partial charge is 0.360 e. The summed E-state index contributed by atoms with van der Waals surface area (Å²) in [6.07, 6.45) is 1.84. The molecular formula is C21H23N3O. The van der Waals surface area contributed by atoms with Crippen LogP contribution >= 0.6 is 0 Å². The Kier molecular flexibility index (Phi) is 4.28. The predicted molar refractivity (Wildman–Crippen MR) is 101 cm³/mol. The molecule has 2 heterocycles. The number of nitrogens with zero attached hydrogens (tertiary/aromatic N) is 2. The van der Waals surface area contributed by atoms with Crippen LogP contribution in [0.25, 0.3) is 10.9 Å². The van der Waals surface area contributed by atoms with Crippen LogP contribution in [-0.4, -0.2) is 46.9 Å². The van der Waals surface area contributed by atoms with Crippen molar-refractivity contribution < 1.29 is 4.79 Å². The van der Waals surface area contributed by atoms with Gasteiger partial charge in [-0.25, -0.2) is 0 Å². The number of rotatable bonds is 3. The van der Waals surface area contributed by atoms with Crippen molar-refractivity contribution in [1.82, 2.24) is 14.8 Å². The van der Waals surface area contributed by atoms with Gasteiger partial charge in [-0.1, -0.05) is 48.0 Å². The Labute approximate surface area is 148 Å². The fourth-order valence-electron chi connectivity index (χ4n) is 3.48. The van der Waals surface area contributed by atoms with Gasteiger partial charge in [0.05, 0.1) is 5.56 Å². The van der Waals surface area contributed by atoms with E-state index in [0.29, 0.717) is 0 Å². The highest BCUT2D eigenvalue weighted by Gasteiger charge is 2.23. The number of piperazine rings is 1. The van der Waals surface area contributed by atoms with Crippen molar-refractivity contribution in [2.45, 2.75) is 13.5 Å². The third-order valence-corrected chi connectivity index (χ3v) is 5.01. The fourth-order valence-corrected chi connectivity index (χ4v) is 3.48. The van der Waals surface area contributed by atoms with Gasteiger partial charge >= 0.3 is 0 Å². The SMILES string of the molecule is Cc1ccc(CN2CCN(C(=O)c3c[nH]c4ccccc34)CC2)cc1. The first-order valence-electron chi connectivity index (χ1n) is 8.84. The van der Waals surface area contributed by atoms with E-state index in [0.717, 1.165) is 49.2 Å². The summed E-state index contributed by atoms with van der Waals surface area (Å²) >= 11 is 0. The van der Waals surface area contributed by atoms with E-state index >= 15 is 0 Å². The molecule has 1 N–H and O–H groups in total. The van der Waals surface area contributed by atoms with E-state index in [1.807, 2.05) is 35.4 Å². The molecule has 0 unspecified atom stereocenters. The molecule has 4 nitrogen and oxygen atoms in total. The highest BCUT2D eigenvalue weighted by Crippen LogP contribution is 2.20. The van der Waals surface area contributed by atoms with Gasteiger partial charge in [0.25, 0.3) is 5.91 Å². The smallest absolute Gasteiger partial charge is 0.256 e. The van der Waals surface area contributed by atoms with E-state index in [9.17, 15) is 4.79 Å². The molecule has 0 aliphatic carbocycles. The van der Waals surface area contributed by atoms with E-state index in [2.05, 4.69) is 41.1 Å². The first-order chi connectivity index (χ1) is 12.2. The number of aromatic nitrogens is 1. The van der Waals surface area contributed by atoms with E-state index in [4.69, 9.17) is 0 Å². The molecule has 1 aliphatic heterocycles. The third kappa shape index (κ3) is 3.30. The second-order valence-corrected chi connectivity index (χ2v) is 6.80. The Morgan fingerprint density at radius 1 is 1.00 bits per heavy atom. The van der Waals surface area contributed by atoms with Crippen LogP contribution in [-0.2, 0) is 6.54 Å². The topological polar surface area (TPSA) is 39.3 Å². The minimum Gasteiger partial charge on any atom is -0.360 e. The molecule has 0 radical (unpaired) electrons. The third-order valence-electron chi connectivity index (χ3n) is 5.01. The van der Waals surface area contributed by atoms with Crippen LogP contribution in [0.2, 0.25) is 0 Å². The lowest BCUT2D eigenvalue weighted by Crippen LogP contribution is -2.48. The average Bonchev–Trinajstić information content (AvgIpc) is 3.08. The number of fused-ring (bicyclic) bond motifs is 1. The molecule has 4 heteroatoms. The molecule has 128 valence electrons. The van der Waals surface area contributed by atoms with Gasteiger partial charge in [0.2, 0.25) is 0 Å².